The minimum Gasteiger partial charge on any atom is -0.480 e. The van der Waals surface area contributed by atoms with Crippen molar-refractivity contribution >= 4 is 12.0 Å². The van der Waals surface area contributed by atoms with E-state index in [0.717, 1.165) is 0 Å². The van der Waals surface area contributed by atoms with Gasteiger partial charge in [-0.2, -0.15) is 0 Å². The molecule has 6 heteroatoms. The zero-order valence-electron chi connectivity index (χ0n) is 12.5. The highest BCUT2D eigenvalue weighted by Gasteiger charge is 2.35. The van der Waals surface area contributed by atoms with Gasteiger partial charge < -0.3 is 20.1 Å². The minimum absolute atomic E-state index is 0.0187. The number of carbonyl (C=O) groups excluding carboxylic acids is 1. The van der Waals surface area contributed by atoms with Crippen LogP contribution in [-0.4, -0.2) is 53.8 Å². The van der Waals surface area contributed by atoms with Crippen LogP contribution in [0.15, 0.2) is 0 Å². The fourth-order valence-electron chi connectivity index (χ4n) is 1.81. The molecule has 2 amide bonds. The number of methoxy groups -OCH3 is 1. The smallest absolute Gasteiger partial charge is 0.329 e. The summed E-state index contributed by atoms with van der Waals surface area (Å²) in [4.78, 5) is 25.0. The predicted octanol–water partition coefficient (Wildman–Crippen LogP) is 1.70. The molecule has 0 rings (SSSR count). The molecule has 112 valence electrons. The SMILES string of the molecule is CCCC(C)(NC(=O)N(CCOC)C(C)C)C(=O)O. The monoisotopic (exact) mass is 274 g/mol. The zero-order chi connectivity index (χ0) is 15.1. The van der Waals surface area contributed by atoms with Crippen LogP contribution in [0.4, 0.5) is 4.79 Å². The molecule has 0 spiro atoms. The van der Waals surface area contributed by atoms with Crippen LogP contribution >= 0.6 is 0 Å². The molecule has 0 bridgehead atoms. The number of aliphatic carboxylic acids is 1. The average molecular weight is 274 g/mol. The third-order valence-corrected chi connectivity index (χ3v) is 3.03. The molecule has 0 aromatic heterocycles. The lowest BCUT2D eigenvalue weighted by Crippen LogP contribution is -2.57. The Morgan fingerprint density at radius 3 is 2.37 bits per heavy atom. The molecule has 1 unspecified atom stereocenters. The number of hydrogen-bond acceptors (Lipinski definition) is 3. The van der Waals surface area contributed by atoms with Crippen molar-refractivity contribution in [2.24, 2.45) is 0 Å². The van der Waals surface area contributed by atoms with E-state index in [1.807, 2.05) is 20.8 Å². The summed E-state index contributed by atoms with van der Waals surface area (Å²) >= 11 is 0. The van der Waals surface area contributed by atoms with Gasteiger partial charge in [0.05, 0.1) is 6.61 Å². The molecular weight excluding hydrogens is 248 g/mol. The van der Waals surface area contributed by atoms with Crippen molar-refractivity contribution in [2.75, 3.05) is 20.3 Å². The normalized spacial score (nSPS) is 14.0. The van der Waals surface area contributed by atoms with E-state index in [4.69, 9.17) is 4.74 Å². The Morgan fingerprint density at radius 1 is 1.42 bits per heavy atom. The fraction of sp³-hybridized carbons (Fsp3) is 0.846. The highest BCUT2D eigenvalue weighted by atomic mass is 16.5. The number of carbonyl (C=O) groups is 2. The first-order chi connectivity index (χ1) is 8.78. The third kappa shape index (κ3) is 5.46. The van der Waals surface area contributed by atoms with Crippen molar-refractivity contribution in [1.29, 1.82) is 0 Å². The summed E-state index contributed by atoms with van der Waals surface area (Å²) in [6.07, 6.45) is 1.08. The van der Waals surface area contributed by atoms with Gasteiger partial charge in [0.15, 0.2) is 0 Å². The summed E-state index contributed by atoms with van der Waals surface area (Å²) in [5.74, 6) is -1.02. The van der Waals surface area contributed by atoms with Gasteiger partial charge in [0.2, 0.25) is 0 Å². The molecule has 0 heterocycles. The number of amides is 2. The van der Waals surface area contributed by atoms with Gasteiger partial charge in [0, 0.05) is 19.7 Å². The number of urea groups is 1. The Bertz CT molecular complexity index is 307. The molecular formula is C13H26N2O4. The maximum atomic E-state index is 12.2. The molecule has 0 fully saturated rings. The molecule has 0 aliphatic heterocycles. The second-order valence-corrected chi connectivity index (χ2v) is 5.10. The standard InChI is InChI=1S/C13H26N2O4/c1-6-7-13(4,11(16)17)14-12(18)15(10(2)3)8-9-19-5/h10H,6-9H2,1-5H3,(H,14,18)(H,16,17). The van der Waals surface area contributed by atoms with Crippen LogP contribution in [0.2, 0.25) is 0 Å². The van der Waals surface area contributed by atoms with E-state index in [-0.39, 0.29) is 12.1 Å². The Balaban J connectivity index is 4.80. The molecule has 2 N–H and O–H groups in total. The molecule has 6 nitrogen and oxygen atoms in total. The van der Waals surface area contributed by atoms with Crippen molar-refractivity contribution in [1.82, 2.24) is 10.2 Å². The van der Waals surface area contributed by atoms with Gasteiger partial charge in [-0.25, -0.2) is 9.59 Å². The van der Waals surface area contributed by atoms with E-state index >= 15 is 0 Å². The van der Waals surface area contributed by atoms with Crippen molar-refractivity contribution in [3.63, 3.8) is 0 Å². The fourth-order valence-corrected chi connectivity index (χ4v) is 1.81. The van der Waals surface area contributed by atoms with Crippen molar-refractivity contribution in [3.05, 3.63) is 0 Å². The maximum absolute atomic E-state index is 12.2. The zero-order valence-corrected chi connectivity index (χ0v) is 12.5. The van der Waals surface area contributed by atoms with Gasteiger partial charge in [0.25, 0.3) is 0 Å². The molecule has 0 saturated carbocycles. The Kier molecular flexibility index (Phi) is 7.44. The van der Waals surface area contributed by atoms with Crippen LogP contribution in [0.25, 0.3) is 0 Å². The van der Waals surface area contributed by atoms with Crippen LogP contribution in [0, 0.1) is 0 Å². The lowest BCUT2D eigenvalue weighted by atomic mass is 9.96. The molecule has 0 aliphatic carbocycles. The largest absolute Gasteiger partial charge is 0.480 e. The molecule has 0 aliphatic rings. The molecule has 1 atom stereocenters. The summed E-state index contributed by atoms with van der Waals surface area (Å²) < 4.78 is 4.96. The third-order valence-electron chi connectivity index (χ3n) is 3.03. The van der Waals surface area contributed by atoms with Crippen LogP contribution in [0.3, 0.4) is 0 Å². The number of carboxylic acids is 1. The van der Waals surface area contributed by atoms with Crippen LogP contribution in [-0.2, 0) is 9.53 Å². The topological polar surface area (TPSA) is 78.9 Å². The number of nitrogens with zero attached hydrogens (tertiary/aromatic N) is 1. The van der Waals surface area contributed by atoms with Crippen molar-refractivity contribution < 1.29 is 19.4 Å². The van der Waals surface area contributed by atoms with E-state index in [9.17, 15) is 14.7 Å². The number of ether oxygens (including phenoxy) is 1. The molecule has 0 radical (unpaired) electrons. The Morgan fingerprint density at radius 2 is 2.00 bits per heavy atom. The summed E-state index contributed by atoms with van der Waals surface area (Å²) in [6.45, 7) is 8.04. The lowest BCUT2D eigenvalue weighted by Gasteiger charge is -2.32. The number of rotatable bonds is 8. The summed E-state index contributed by atoms with van der Waals surface area (Å²) in [5, 5.41) is 11.9. The Labute approximate surface area is 115 Å². The van der Waals surface area contributed by atoms with Crippen LogP contribution in [0.1, 0.15) is 40.5 Å². The first-order valence-corrected chi connectivity index (χ1v) is 6.59. The summed E-state index contributed by atoms with van der Waals surface area (Å²) in [5.41, 5.74) is -1.23. The second-order valence-electron chi connectivity index (χ2n) is 5.10. The highest BCUT2D eigenvalue weighted by Crippen LogP contribution is 2.14. The van der Waals surface area contributed by atoms with Gasteiger partial charge in [-0.3, -0.25) is 0 Å². The summed E-state index contributed by atoms with van der Waals surface area (Å²) in [7, 11) is 1.56. The lowest BCUT2D eigenvalue weighted by molar-refractivity contribution is -0.144. The van der Waals surface area contributed by atoms with E-state index in [2.05, 4.69) is 5.32 Å². The summed E-state index contributed by atoms with van der Waals surface area (Å²) in [6, 6.07) is -0.389. The van der Waals surface area contributed by atoms with E-state index < -0.39 is 11.5 Å². The molecule has 0 aromatic carbocycles. The van der Waals surface area contributed by atoms with E-state index in [1.165, 1.54) is 6.92 Å². The molecule has 19 heavy (non-hydrogen) atoms. The van der Waals surface area contributed by atoms with Crippen LogP contribution < -0.4 is 5.32 Å². The first kappa shape index (κ1) is 17.7. The maximum Gasteiger partial charge on any atom is 0.329 e. The predicted molar refractivity (Wildman–Crippen MR) is 73.2 cm³/mol. The first-order valence-electron chi connectivity index (χ1n) is 6.59. The number of carboxylic acid groups (broad SMARTS) is 1. The highest BCUT2D eigenvalue weighted by molar-refractivity contribution is 5.86. The number of hydrogen-bond donors (Lipinski definition) is 2. The van der Waals surface area contributed by atoms with E-state index in [0.29, 0.717) is 26.0 Å². The second kappa shape index (κ2) is 7.99. The van der Waals surface area contributed by atoms with Gasteiger partial charge in [-0.05, 0) is 27.2 Å². The van der Waals surface area contributed by atoms with Gasteiger partial charge in [-0.1, -0.05) is 13.3 Å². The van der Waals surface area contributed by atoms with Crippen molar-refractivity contribution in [3.8, 4) is 0 Å². The van der Waals surface area contributed by atoms with Crippen LogP contribution in [0.5, 0.6) is 0 Å². The minimum atomic E-state index is -1.23. The van der Waals surface area contributed by atoms with Gasteiger partial charge in [-0.15, -0.1) is 0 Å². The molecule has 0 saturated heterocycles. The average Bonchev–Trinajstić information content (AvgIpc) is 2.28. The number of nitrogens with one attached hydrogen (secondary N) is 1. The van der Waals surface area contributed by atoms with Crippen molar-refractivity contribution in [2.45, 2.75) is 52.1 Å². The molecule has 0 aromatic rings. The van der Waals surface area contributed by atoms with Gasteiger partial charge >= 0.3 is 12.0 Å². The quantitative estimate of drug-likeness (QED) is 0.706. The van der Waals surface area contributed by atoms with E-state index in [1.54, 1.807) is 12.0 Å². The van der Waals surface area contributed by atoms with Gasteiger partial charge in [0.1, 0.15) is 5.54 Å². The Hall–Kier alpha value is -1.30.